The average Bonchev–Trinajstić information content (AvgIpc) is 2.03. The Morgan fingerprint density at radius 1 is 1.25 bits per heavy atom. The summed E-state index contributed by atoms with van der Waals surface area (Å²) < 4.78 is 0. The maximum Gasteiger partial charge on any atom is 0.152 e. The van der Waals surface area contributed by atoms with Crippen molar-refractivity contribution in [3.63, 3.8) is 0 Å². The Balaban J connectivity index is 0.00000121. The first-order valence-corrected chi connectivity index (χ1v) is 3.53. The molecule has 0 aromatic heterocycles. The third kappa shape index (κ3) is 3.94. The highest BCUT2D eigenvalue weighted by molar-refractivity contribution is 5.91. The van der Waals surface area contributed by atoms with Gasteiger partial charge in [0.25, 0.3) is 0 Å². The molecule has 0 aliphatic heterocycles. The summed E-state index contributed by atoms with van der Waals surface area (Å²) in [6.07, 6.45) is 3.37. The molecule has 0 radical (unpaired) electrons. The zero-order chi connectivity index (χ0) is 8.10. The van der Waals surface area contributed by atoms with Gasteiger partial charge in [-0.15, -0.1) is 12.4 Å². The number of rotatable bonds is 2. The molecule has 0 unspecified atom stereocenters. The summed E-state index contributed by atoms with van der Waals surface area (Å²) in [5.41, 5.74) is 1.06. The van der Waals surface area contributed by atoms with Crippen molar-refractivity contribution in [2.75, 3.05) is 0 Å². The van der Waals surface area contributed by atoms with Gasteiger partial charge in [-0.2, -0.15) is 0 Å². The van der Waals surface area contributed by atoms with Crippen molar-refractivity contribution in [2.45, 2.75) is 6.92 Å². The van der Waals surface area contributed by atoms with E-state index in [2.05, 4.69) is 0 Å². The molecule has 0 aliphatic carbocycles. The van der Waals surface area contributed by atoms with E-state index < -0.39 is 0 Å². The van der Waals surface area contributed by atoms with Crippen LogP contribution in [0.5, 0.6) is 0 Å². The molecule has 0 spiro atoms. The second-order valence-electron chi connectivity index (χ2n) is 2.35. The van der Waals surface area contributed by atoms with Gasteiger partial charge in [0.2, 0.25) is 0 Å². The van der Waals surface area contributed by atoms with E-state index in [4.69, 9.17) is 0 Å². The molecule has 0 aliphatic rings. The van der Waals surface area contributed by atoms with E-state index in [1.807, 2.05) is 36.4 Å². The normalized spacial score (nSPS) is 9.42. The maximum absolute atomic E-state index is 10.5. The Hall–Kier alpha value is -1.08. The third-order valence-electron chi connectivity index (χ3n) is 1.31. The average molecular weight is 183 g/mol. The van der Waals surface area contributed by atoms with Crippen molar-refractivity contribution in [3.8, 4) is 0 Å². The lowest BCUT2D eigenvalue weighted by atomic mass is 10.2. The summed E-state index contributed by atoms with van der Waals surface area (Å²) in [5, 5.41) is 0. The van der Waals surface area contributed by atoms with Crippen LogP contribution < -0.4 is 0 Å². The minimum atomic E-state index is 0. The van der Waals surface area contributed by atoms with E-state index in [9.17, 15) is 4.79 Å². The lowest BCUT2D eigenvalue weighted by Gasteiger charge is -1.88. The highest BCUT2D eigenvalue weighted by atomic mass is 35.5. The molecule has 1 aromatic rings. The molecule has 0 heterocycles. The Morgan fingerprint density at radius 2 is 1.83 bits per heavy atom. The number of carbonyl (C=O) groups is 1. The summed E-state index contributed by atoms with van der Waals surface area (Å²) in [4.78, 5) is 10.5. The first-order valence-electron chi connectivity index (χ1n) is 3.53. The van der Waals surface area contributed by atoms with Gasteiger partial charge in [0, 0.05) is 0 Å². The zero-order valence-corrected chi connectivity index (χ0v) is 7.67. The molecule has 1 aromatic carbocycles. The Labute approximate surface area is 78.5 Å². The monoisotopic (exact) mass is 182 g/mol. The first-order chi connectivity index (χ1) is 5.29. The molecule has 64 valence electrons. The number of benzene rings is 1. The molecule has 0 fully saturated rings. The maximum atomic E-state index is 10.5. The highest BCUT2D eigenvalue weighted by Crippen LogP contribution is 2.00. The number of hydrogen-bond acceptors (Lipinski definition) is 1. The predicted octanol–water partition coefficient (Wildman–Crippen LogP) is 2.71. The van der Waals surface area contributed by atoms with Crippen LogP contribution in [0.4, 0.5) is 0 Å². The summed E-state index contributed by atoms with van der Waals surface area (Å²) in [7, 11) is 0. The third-order valence-corrected chi connectivity index (χ3v) is 1.31. The van der Waals surface area contributed by atoms with Crippen molar-refractivity contribution >= 4 is 24.3 Å². The lowest BCUT2D eigenvalue weighted by Crippen LogP contribution is -1.79. The smallest absolute Gasteiger partial charge is 0.152 e. The summed E-state index contributed by atoms with van der Waals surface area (Å²) >= 11 is 0. The van der Waals surface area contributed by atoms with Crippen LogP contribution in [0.3, 0.4) is 0 Å². The molecular weight excluding hydrogens is 172 g/mol. The fourth-order valence-corrected chi connectivity index (χ4v) is 0.778. The Bertz CT molecular complexity index is 264. The molecule has 2 heteroatoms. The topological polar surface area (TPSA) is 17.1 Å². The quantitative estimate of drug-likeness (QED) is 0.643. The fourth-order valence-electron chi connectivity index (χ4n) is 0.778. The minimum absolute atomic E-state index is 0. The molecule has 0 amide bonds. The number of carbonyl (C=O) groups excluding carboxylic acids is 1. The summed E-state index contributed by atoms with van der Waals surface area (Å²) in [6.45, 7) is 1.54. The van der Waals surface area contributed by atoms with Crippen LogP contribution in [0.1, 0.15) is 12.5 Å². The Morgan fingerprint density at radius 3 is 2.33 bits per heavy atom. The molecule has 0 saturated carbocycles. The van der Waals surface area contributed by atoms with Crippen molar-refractivity contribution in [3.05, 3.63) is 42.0 Å². The van der Waals surface area contributed by atoms with Crippen LogP contribution in [-0.2, 0) is 4.79 Å². The van der Waals surface area contributed by atoms with Gasteiger partial charge in [0.15, 0.2) is 5.78 Å². The molecule has 12 heavy (non-hydrogen) atoms. The molecule has 0 bridgehead atoms. The number of hydrogen-bond donors (Lipinski definition) is 0. The van der Waals surface area contributed by atoms with Crippen LogP contribution in [0.25, 0.3) is 6.08 Å². The van der Waals surface area contributed by atoms with Crippen LogP contribution in [0, 0.1) is 0 Å². The van der Waals surface area contributed by atoms with Crippen molar-refractivity contribution in [1.82, 2.24) is 0 Å². The van der Waals surface area contributed by atoms with Gasteiger partial charge in [-0.25, -0.2) is 0 Å². The summed E-state index contributed by atoms with van der Waals surface area (Å²) in [5.74, 6) is 0.0776. The van der Waals surface area contributed by atoms with E-state index in [1.165, 1.54) is 0 Å². The van der Waals surface area contributed by atoms with Crippen LogP contribution in [0.15, 0.2) is 36.4 Å². The van der Waals surface area contributed by atoms with Gasteiger partial charge in [0.05, 0.1) is 0 Å². The van der Waals surface area contributed by atoms with E-state index in [1.54, 1.807) is 13.0 Å². The van der Waals surface area contributed by atoms with Crippen LogP contribution >= 0.6 is 12.4 Å². The highest BCUT2D eigenvalue weighted by Gasteiger charge is 1.83. The Kier molecular flexibility index (Phi) is 5.06. The van der Waals surface area contributed by atoms with E-state index in [0.717, 1.165) is 5.56 Å². The molecule has 1 rings (SSSR count). The van der Waals surface area contributed by atoms with Gasteiger partial charge in [0.1, 0.15) is 0 Å². The largest absolute Gasteiger partial charge is 0.295 e. The number of ketones is 1. The fraction of sp³-hybridized carbons (Fsp3) is 0.100. The van der Waals surface area contributed by atoms with Gasteiger partial charge in [-0.05, 0) is 18.6 Å². The van der Waals surface area contributed by atoms with Gasteiger partial charge >= 0.3 is 0 Å². The lowest BCUT2D eigenvalue weighted by molar-refractivity contribution is -0.112. The van der Waals surface area contributed by atoms with Crippen molar-refractivity contribution in [2.24, 2.45) is 0 Å². The van der Waals surface area contributed by atoms with Gasteiger partial charge in [-0.1, -0.05) is 36.4 Å². The second-order valence-corrected chi connectivity index (χ2v) is 2.35. The predicted molar refractivity (Wildman–Crippen MR) is 53.4 cm³/mol. The second kappa shape index (κ2) is 5.56. The van der Waals surface area contributed by atoms with Crippen LogP contribution in [-0.4, -0.2) is 5.78 Å². The molecule has 0 atom stereocenters. The zero-order valence-electron chi connectivity index (χ0n) is 6.86. The number of halogens is 1. The van der Waals surface area contributed by atoms with E-state index in [0.29, 0.717) is 0 Å². The van der Waals surface area contributed by atoms with Crippen molar-refractivity contribution in [1.29, 1.82) is 0 Å². The molecule has 1 nitrogen and oxygen atoms in total. The standard InChI is InChI=1S/C10H10O.ClH/c1-9(11)7-8-10-5-3-2-4-6-10;/h2-8H,1H3;1H. The SMILES string of the molecule is CC(=O)C=Cc1ccccc1.Cl. The van der Waals surface area contributed by atoms with E-state index >= 15 is 0 Å². The number of allylic oxidation sites excluding steroid dienone is 1. The molecule has 0 N–H and O–H groups in total. The summed E-state index contributed by atoms with van der Waals surface area (Å²) in [6, 6.07) is 9.75. The molecule has 0 saturated heterocycles. The van der Waals surface area contributed by atoms with Crippen LogP contribution in [0.2, 0.25) is 0 Å². The van der Waals surface area contributed by atoms with E-state index in [-0.39, 0.29) is 18.2 Å². The van der Waals surface area contributed by atoms with Gasteiger partial charge in [-0.3, -0.25) is 4.79 Å². The molecular formula is C10H11ClO. The first kappa shape index (κ1) is 10.9. The minimum Gasteiger partial charge on any atom is -0.295 e. The van der Waals surface area contributed by atoms with Crippen molar-refractivity contribution < 1.29 is 4.79 Å². The van der Waals surface area contributed by atoms with Gasteiger partial charge < -0.3 is 0 Å².